The van der Waals surface area contributed by atoms with Crippen LogP contribution in [0.1, 0.15) is 29.0 Å². The van der Waals surface area contributed by atoms with Crippen molar-refractivity contribution in [3.63, 3.8) is 0 Å². The van der Waals surface area contributed by atoms with Crippen molar-refractivity contribution in [3.8, 4) is 0 Å². The Bertz CT molecular complexity index is 431. The minimum Gasteiger partial charge on any atom is -0.394 e. The van der Waals surface area contributed by atoms with Gasteiger partial charge in [-0.3, -0.25) is 0 Å². The molecule has 0 aliphatic carbocycles. The molecule has 1 aliphatic heterocycles. The quantitative estimate of drug-likeness (QED) is 0.365. The molecule has 0 amide bonds. The van der Waals surface area contributed by atoms with Gasteiger partial charge in [-0.15, -0.1) is 0 Å². The molecule has 0 saturated heterocycles. The number of aromatic nitrogens is 1. The molecule has 0 unspecified atom stereocenters. The highest BCUT2D eigenvalue weighted by molar-refractivity contribution is 5.36. The fourth-order valence-electron chi connectivity index (χ4n) is 2.50. The van der Waals surface area contributed by atoms with Crippen molar-refractivity contribution in [2.75, 3.05) is 6.61 Å². The van der Waals surface area contributed by atoms with E-state index in [2.05, 4.69) is 0 Å². The number of fused-ring (bicyclic) bond motifs is 1. The summed E-state index contributed by atoms with van der Waals surface area (Å²) in [6, 6.07) is -0.816. The van der Waals surface area contributed by atoms with Crippen LogP contribution in [0, 0.1) is 0 Å². The first-order chi connectivity index (χ1) is 8.56. The molecule has 4 atom stereocenters. The molecule has 2 rings (SSSR count). The Morgan fingerprint density at radius 2 is 1.67 bits per heavy atom. The van der Waals surface area contributed by atoms with Crippen LogP contribution in [-0.2, 0) is 13.2 Å². The normalized spacial score (nSPS) is 31.4. The van der Waals surface area contributed by atoms with Crippen LogP contribution in [0.5, 0.6) is 0 Å². The predicted molar refractivity (Wildman–Crippen MR) is 59.4 cm³/mol. The summed E-state index contributed by atoms with van der Waals surface area (Å²) in [4.78, 5) is 0. The number of nitrogens with zero attached hydrogens (tertiary/aromatic N) is 1. The van der Waals surface area contributed by atoms with E-state index in [1.54, 1.807) is 0 Å². The third kappa shape index (κ3) is 1.76. The lowest BCUT2D eigenvalue weighted by Crippen LogP contribution is -2.46. The van der Waals surface area contributed by atoms with Crippen LogP contribution < -0.4 is 0 Å². The van der Waals surface area contributed by atoms with Crippen molar-refractivity contribution >= 4 is 0 Å². The maximum atomic E-state index is 9.93. The van der Waals surface area contributed by atoms with Crippen molar-refractivity contribution in [1.29, 1.82) is 0 Å². The maximum Gasteiger partial charge on any atom is 0.123 e. The van der Waals surface area contributed by atoms with Gasteiger partial charge in [0.15, 0.2) is 0 Å². The molecule has 0 radical (unpaired) electrons. The van der Waals surface area contributed by atoms with Gasteiger partial charge in [0.25, 0.3) is 0 Å². The molecule has 7 nitrogen and oxygen atoms in total. The average molecular weight is 259 g/mol. The zero-order chi connectivity index (χ0) is 13.4. The molecular formula is C11H17NO6. The molecule has 1 aliphatic rings. The predicted octanol–water partition coefficient (Wildman–Crippen LogP) is -2.23. The van der Waals surface area contributed by atoms with Gasteiger partial charge >= 0.3 is 0 Å². The maximum absolute atomic E-state index is 9.93. The van der Waals surface area contributed by atoms with E-state index < -0.39 is 37.6 Å². The van der Waals surface area contributed by atoms with Crippen LogP contribution in [0.3, 0.4) is 0 Å². The molecule has 7 heteroatoms. The van der Waals surface area contributed by atoms with Crippen molar-refractivity contribution in [3.05, 3.63) is 23.0 Å². The van der Waals surface area contributed by atoms with Gasteiger partial charge in [-0.2, -0.15) is 0 Å². The molecule has 1 aromatic heterocycles. The van der Waals surface area contributed by atoms with Crippen LogP contribution >= 0.6 is 0 Å². The summed E-state index contributed by atoms with van der Waals surface area (Å²) in [5.41, 5.74) is 0.930. The highest BCUT2D eigenvalue weighted by atomic mass is 16.4. The van der Waals surface area contributed by atoms with Crippen molar-refractivity contribution < 1.29 is 30.6 Å². The molecule has 18 heavy (non-hydrogen) atoms. The first-order valence-electron chi connectivity index (χ1n) is 5.66. The molecule has 2 heterocycles. The fourth-order valence-corrected chi connectivity index (χ4v) is 2.50. The van der Waals surface area contributed by atoms with E-state index in [0.717, 1.165) is 0 Å². The Morgan fingerprint density at radius 3 is 2.17 bits per heavy atom. The summed E-state index contributed by atoms with van der Waals surface area (Å²) < 4.78 is 1.40. The minimum absolute atomic E-state index is 0.221. The molecule has 1 aromatic rings. The van der Waals surface area contributed by atoms with Gasteiger partial charge in [-0.25, -0.2) is 0 Å². The second-order valence-electron chi connectivity index (χ2n) is 4.42. The van der Waals surface area contributed by atoms with E-state index in [4.69, 9.17) is 0 Å². The highest BCUT2D eigenvalue weighted by Gasteiger charge is 2.42. The van der Waals surface area contributed by atoms with Gasteiger partial charge in [0.1, 0.15) is 18.3 Å². The van der Waals surface area contributed by atoms with Gasteiger partial charge in [-0.1, -0.05) is 0 Å². The first-order valence-corrected chi connectivity index (χ1v) is 5.66. The lowest BCUT2D eigenvalue weighted by atomic mass is 9.92. The molecule has 0 spiro atoms. The van der Waals surface area contributed by atoms with Gasteiger partial charge in [-0.05, 0) is 0 Å². The van der Waals surface area contributed by atoms with E-state index in [-0.39, 0.29) is 12.3 Å². The number of aliphatic hydroxyl groups is 6. The third-order valence-electron chi connectivity index (χ3n) is 3.49. The van der Waals surface area contributed by atoms with Crippen LogP contribution in [0.15, 0.2) is 6.20 Å². The molecular weight excluding hydrogens is 242 g/mol. The standard InChI is InChI=1S/C11H17NO6/c13-2-5-1-12-7(4-15)9(16)11(18)10(17)8(12)6(5)3-14/h1,7,9-11,13-18H,2-4H2/t7-,9-,10+,11+/m1/s1. The van der Waals surface area contributed by atoms with Gasteiger partial charge < -0.3 is 35.2 Å². The minimum atomic E-state index is -1.44. The second-order valence-corrected chi connectivity index (χ2v) is 4.42. The summed E-state index contributed by atoms with van der Waals surface area (Å²) in [5, 5.41) is 57.2. The average Bonchev–Trinajstić information content (AvgIpc) is 2.75. The van der Waals surface area contributed by atoms with Crippen molar-refractivity contribution in [2.45, 2.75) is 37.6 Å². The SMILES string of the molecule is OCc1cn2c(c1CO)[C@H](O)[C@@H](O)[C@H](O)[C@H]2CO. The molecule has 0 bridgehead atoms. The highest BCUT2D eigenvalue weighted by Crippen LogP contribution is 2.37. The van der Waals surface area contributed by atoms with Gasteiger partial charge in [0.05, 0.1) is 31.6 Å². The smallest absolute Gasteiger partial charge is 0.123 e. The lowest BCUT2D eigenvalue weighted by Gasteiger charge is -2.37. The van der Waals surface area contributed by atoms with Crippen LogP contribution in [0.2, 0.25) is 0 Å². The molecule has 0 saturated carbocycles. The first kappa shape index (κ1) is 13.5. The van der Waals surface area contributed by atoms with Crippen LogP contribution in [0.4, 0.5) is 0 Å². The summed E-state index contributed by atoms with van der Waals surface area (Å²) in [7, 11) is 0. The van der Waals surface area contributed by atoms with E-state index in [1.165, 1.54) is 10.8 Å². The van der Waals surface area contributed by atoms with E-state index in [9.17, 15) is 30.6 Å². The monoisotopic (exact) mass is 259 g/mol. The number of aliphatic hydroxyl groups excluding tert-OH is 6. The lowest BCUT2D eigenvalue weighted by molar-refractivity contribution is -0.107. The molecule has 102 valence electrons. The zero-order valence-corrected chi connectivity index (χ0v) is 9.64. The van der Waals surface area contributed by atoms with Crippen molar-refractivity contribution in [1.82, 2.24) is 4.57 Å². The van der Waals surface area contributed by atoms with Crippen molar-refractivity contribution in [2.24, 2.45) is 0 Å². The molecule has 0 aromatic carbocycles. The summed E-state index contributed by atoms with van der Waals surface area (Å²) in [5.74, 6) is 0. The Balaban J connectivity index is 2.59. The van der Waals surface area contributed by atoms with Crippen LogP contribution in [-0.4, -0.2) is 54.0 Å². The van der Waals surface area contributed by atoms with Gasteiger partial charge in [0.2, 0.25) is 0 Å². The molecule has 6 N–H and O–H groups in total. The fraction of sp³-hybridized carbons (Fsp3) is 0.636. The van der Waals surface area contributed by atoms with E-state index in [0.29, 0.717) is 11.1 Å². The Kier molecular flexibility index (Phi) is 3.71. The topological polar surface area (TPSA) is 126 Å². The number of hydrogen-bond acceptors (Lipinski definition) is 6. The number of hydrogen-bond donors (Lipinski definition) is 6. The second kappa shape index (κ2) is 4.96. The summed E-state index contributed by atoms with van der Waals surface area (Å²) in [6.45, 7) is -1.18. The Hall–Kier alpha value is -0.960. The number of rotatable bonds is 3. The Morgan fingerprint density at radius 1 is 1.00 bits per heavy atom. The van der Waals surface area contributed by atoms with Gasteiger partial charge in [0, 0.05) is 17.3 Å². The van der Waals surface area contributed by atoms with Crippen LogP contribution in [0.25, 0.3) is 0 Å². The molecule has 0 fully saturated rings. The largest absolute Gasteiger partial charge is 0.394 e. The van der Waals surface area contributed by atoms with E-state index in [1.807, 2.05) is 0 Å². The summed E-state index contributed by atoms with van der Waals surface area (Å²) >= 11 is 0. The zero-order valence-electron chi connectivity index (χ0n) is 9.64. The van der Waals surface area contributed by atoms with E-state index >= 15 is 0 Å². The third-order valence-corrected chi connectivity index (χ3v) is 3.49. The summed E-state index contributed by atoms with van der Waals surface area (Å²) in [6.07, 6.45) is -2.67. The Labute approximate surface area is 103 Å².